The Morgan fingerprint density at radius 3 is 2.68 bits per heavy atom. The van der Waals surface area contributed by atoms with Crippen LogP contribution in [0.1, 0.15) is 91.4 Å². The second-order valence-electron chi connectivity index (χ2n) is 11.7. The Hall–Kier alpha value is -0.900. The lowest BCUT2D eigenvalue weighted by Crippen LogP contribution is -2.46. The second kappa shape index (κ2) is 9.15. The van der Waals surface area contributed by atoms with Crippen molar-refractivity contribution in [2.75, 3.05) is 13.1 Å². The topological polar surface area (TPSA) is 43.7 Å². The molecule has 174 valence electrons. The predicted octanol–water partition coefficient (Wildman–Crippen LogP) is 5.78. The Morgan fingerprint density at radius 1 is 1.10 bits per heavy atom. The third-order valence-corrected chi connectivity index (χ3v) is 9.34. The molecular weight excluding hydrogens is 382 g/mol. The first-order valence-corrected chi connectivity index (χ1v) is 12.9. The molecule has 4 unspecified atom stereocenters. The number of hydrogen-bond donors (Lipinski definition) is 2. The molecule has 0 aromatic rings. The fourth-order valence-corrected chi connectivity index (χ4v) is 7.47. The number of fused-ring (bicyclic) bond motifs is 1. The maximum Gasteiger partial charge on any atom is 0.0787 e. The first-order chi connectivity index (χ1) is 14.7. The maximum absolute atomic E-state index is 10.6. The van der Waals surface area contributed by atoms with Crippen LogP contribution in [0.3, 0.4) is 0 Å². The van der Waals surface area contributed by atoms with Crippen molar-refractivity contribution in [2.45, 2.75) is 109 Å². The molecule has 3 heteroatoms. The monoisotopic (exact) mass is 427 g/mol. The van der Waals surface area contributed by atoms with Gasteiger partial charge in [-0.05, 0) is 126 Å². The van der Waals surface area contributed by atoms with Crippen molar-refractivity contribution in [3.05, 3.63) is 35.5 Å². The van der Waals surface area contributed by atoms with Crippen molar-refractivity contribution in [1.29, 1.82) is 0 Å². The standard InChI is InChI=1S/C28H45NO2/c1-20-21(8-5-10-25(20)30)12-13-22-9-6-17-28(4)23(14-15-24(22)28)16-19-29-18-7-11-26(29)27(2,3)31/h12-13,23-26,30-31H,1,5-11,14-19H2,2-4H3/b21-12-,22-13+/t23-,24?,25?,26?,28?/m1/s1. The number of allylic oxidation sites excluding steroid dienone is 3. The van der Waals surface area contributed by atoms with E-state index in [0.29, 0.717) is 17.4 Å². The third-order valence-electron chi connectivity index (χ3n) is 9.34. The van der Waals surface area contributed by atoms with Crippen LogP contribution in [-0.4, -0.2) is 45.9 Å². The highest BCUT2D eigenvalue weighted by Gasteiger charge is 2.49. The summed E-state index contributed by atoms with van der Waals surface area (Å²) in [5, 5.41) is 20.7. The van der Waals surface area contributed by atoms with Crippen molar-refractivity contribution >= 4 is 0 Å². The Balaban J connectivity index is 1.42. The summed E-state index contributed by atoms with van der Waals surface area (Å²) in [6.45, 7) is 13.0. The van der Waals surface area contributed by atoms with E-state index in [-0.39, 0.29) is 6.10 Å². The minimum absolute atomic E-state index is 0.324. The van der Waals surface area contributed by atoms with Gasteiger partial charge in [-0.2, -0.15) is 0 Å². The molecule has 0 radical (unpaired) electrons. The summed E-state index contributed by atoms with van der Waals surface area (Å²) in [7, 11) is 0. The van der Waals surface area contributed by atoms with Gasteiger partial charge in [-0.15, -0.1) is 0 Å². The molecule has 1 heterocycles. The van der Waals surface area contributed by atoms with E-state index >= 15 is 0 Å². The van der Waals surface area contributed by atoms with Gasteiger partial charge in [0.1, 0.15) is 0 Å². The van der Waals surface area contributed by atoms with Gasteiger partial charge >= 0.3 is 0 Å². The summed E-state index contributed by atoms with van der Waals surface area (Å²) >= 11 is 0. The molecule has 0 aromatic heterocycles. The Kier molecular flexibility index (Phi) is 6.87. The van der Waals surface area contributed by atoms with Gasteiger partial charge in [0.15, 0.2) is 0 Å². The minimum Gasteiger partial charge on any atom is -0.389 e. The minimum atomic E-state index is -0.594. The van der Waals surface area contributed by atoms with Gasteiger partial charge in [-0.3, -0.25) is 4.90 Å². The van der Waals surface area contributed by atoms with Crippen molar-refractivity contribution in [1.82, 2.24) is 4.90 Å². The van der Waals surface area contributed by atoms with Gasteiger partial charge in [-0.25, -0.2) is 0 Å². The number of rotatable bonds is 5. The van der Waals surface area contributed by atoms with Gasteiger partial charge in [0, 0.05) is 6.04 Å². The van der Waals surface area contributed by atoms with E-state index < -0.39 is 5.60 Å². The van der Waals surface area contributed by atoms with Crippen LogP contribution in [-0.2, 0) is 0 Å². The number of likely N-dealkylation sites (tertiary alicyclic amines) is 1. The Labute approximate surface area is 190 Å². The smallest absolute Gasteiger partial charge is 0.0787 e. The molecule has 4 aliphatic rings. The summed E-state index contributed by atoms with van der Waals surface area (Å²) in [6.07, 6.45) is 17.6. The Morgan fingerprint density at radius 2 is 1.90 bits per heavy atom. The summed E-state index contributed by atoms with van der Waals surface area (Å²) in [6, 6.07) is 0.324. The van der Waals surface area contributed by atoms with Gasteiger partial charge in [-0.1, -0.05) is 31.2 Å². The fourth-order valence-electron chi connectivity index (χ4n) is 7.47. The van der Waals surface area contributed by atoms with Gasteiger partial charge in [0.05, 0.1) is 11.7 Å². The highest BCUT2D eigenvalue weighted by atomic mass is 16.3. The van der Waals surface area contributed by atoms with E-state index in [4.69, 9.17) is 0 Å². The second-order valence-corrected chi connectivity index (χ2v) is 11.7. The highest BCUT2D eigenvalue weighted by Crippen LogP contribution is 2.58. The van der Waals surface area contributed by atoms with E-state index in [0.717, 1.165) is 50.3 Å². The quantitative estimate of drug-likeness (QED) is 0.584. The van der Waals surface area contributed by atoms with E-state index in [1.807, 2.05) is 13.8 Å². The molecule has 3 aliphatic carbocycles. The molecule has 3 saturated carbocycles. The van der Waals surface area contributed by atoms with Crippen LogP contribution in [0, 0.1) is 17.3 Å². The molecule has 5 atom stereocenters. The third kappa shape index (κ3) is 4.75. The van der Waals surface area contributed by atoms with Crippen molar-refractivity contribution in [3.8, 4) is 0 Å². The zero-order valence-electron chi connectivity index (χ0n) is 20.2. The average Bonchev–Trinajstić information content (AvgIpc) is 3.31. The number of hydrogen-bond acceptors (Lipinski definition) is 3. The molecule has 0 aromatic carbocycles. The van der Waals surface area contributed by atoms with Crippen LogP contribution >= 0.6 is 0 Å². The fraction of sp³-hybridized carbons (Fsp3) is 0.786. The largest absolute Gasteiger partial charge is 0.389 e. The van der Waals surface area contributed by atoms with Crippen LogP contribution in [0.15, 0.2) is 35.5 Å². The number of aliphatic hydroxyl groups excluding tert-OH is 1. The zero-order chi connectivity index (χ0) is 22.2. The normalized spacial score (nSPS) is 40.1. The van der Waals surface area contributed by atoms with E-state index in [9.17, 15) is 10.2 Å². The molecule has 0 bridgehead atoms. The molecule has 4 fully saturated rings. The molecule has 0 amide bonds. The molecular formula is C28H45NO2. The first kappa shape index (κ1) is 23.3. The zero-order valence-corrected chi connectivity index (χ0v) is 20.2. The van der Waals surface area contributed by atoms with Crippen molar-refractivity contribution in [2.24, 2.45) is 17.3 Å². The molecule has 1 aliphatic heterocycles. The lowest BCUT2D eigenvalue weighted by Gasteiger charge is -2.43. The molecule has 1 saturated heterocycles. The van der Waals surface area contributed by atoms with Crippen LogP contribution in [0.4, 0.5) is 0 Å². The number of nitrogens with zero attached hydrogens (tertiary/aromatic N) is 1. The summed E-state index contributed by atoms with van der Waals surface area (Å²) in [5.41, 5.74) is 3.68. The van der Waals surface area contributed by atoms with Crippen LogP contribution < -0.4 is 0 Å². The van der Waals surface area contributed by atoms with Crippen molar-refractivity contribution < 1.29 is 10.2 Å². The summed E-state index contributed by atoms with van der Waals surface area (Å²) in [4.78, 5) is 2.57. The molecule has 2 N–H and O–H groups in total. The van der Waals surface area contributed by atoms with Crippen molar-refractivity contribution in [3.63, 3.8) is 0 Å². The van der Waals surface area contributed by atoms with E-state index in [2.05, 4.69) is 30.6 Å². The average molecular weight is 428 g/mol. The predicted molar refractivity (Wildman–Crippen MR) is 129 cm³/mol. The Bertz CT molecular complexity index is 730. The summed E-state index contributed by atoms with van der Waals surface area (Å²) in [5.74, 6) is 1.51. The van der Waals surface area contributed by atoms with Gasteiger partial charge < -0.3 is 10.2 Å². The van der Waals surface area contributed by atoms with Crippen LogP contribution in [0.5, 0.6) is 0 Å². The lowest BCUT2D eigenvalue weighted by molar-refractivity contribution is -0.00619. The first-order valence-electron chi connectivity index (χ1n) is 12.9. The number of aliphatic hydroxyl groups is 2. The van der Waals surface area contributed by atoms with E-state index in [1.54, 1.807) is 5.57 Å². The lowest BCUT2D eigenvalue weighted by atomic mass is 9.63. The van der Waals surface area contributed by atoms with E-state index in [1.165, 1.54) is 50.5 Å². The SMILES string of the molecule is C=C1/C(=C\C=C2/CCCC3(C)C2CC[C@@H]3CCN2CCCC2C(C)(C)O)CCCC1O. The maximum atomic E-state index is 10.6. The van der Waals surface area contributed by atoms with Crippen LogP contribution in [0.2, 0.25) is 0 Å². The molecule has 4 rings (SSSR count). The van der Waals surface area contributed by atoms with Gasteiger partial charge in [0.25, 0.3) is 0 Å². The van der Waals surface area contributed by atoms with Gasteiger partial charge in [0.2, 0.25) is 0 Å². The van der Waals surface area contributed by atoms with Crippen LogP contribution in [0.25, 0.3) is 0 Å². The summed E-state index contributed by atoms with van der Waals surface area (Å²) < 4.78 is 0. The highest BCUT2D eigenvalue weighted by molar-refractivity contribution is 5.37. The molecule has 31 heavy (non-hydrogen) atoms. The molecule has 3 nitrogen and oxygen atoms in total. The molecule has 0 spiro atoms.